The minimum absolute atomic E-state index is 0.140. The third-order valence-electron chi connectivity index (χ3n) is 4.20. The van der Waals surface area contributed by atoms with Gasteiger partial charge in [0.25, 0.3) is 0 Å². The molecule has 0 saturated heterocycles. The first kappa shape index (κ1) is 20.6. The maximum atomic E-state index is 12.5. The minimum atomic E-state index is -0.579. The molecule has 0 spiro atoms. The Morgan fingerprint density at radius 3 is 2.27 bits per heavy atom. The van der Waals surface area contributed by atoms with Crippen LogP contribution in [0.3, 0.4) is 0 Å². The van der Waals surface area contributed by atoms with Crippen molar-refractivity contribution in [3.05, 3.63) is 121 Å². The first-order valence-corrected chi connectivity index (χ1v) is 9.25. The number of carbonyl (C=O) groups excluding carboxylic acids is 2. The SMILES string of the molecule is C=CC(=CC=CC(=C)C(=O)Oc1ccccc1)C(=O)Oc1cccc2ccccc12. The lowest BCUT2D eigenvalue weighted by molar-refractivity contribution is -0.130. The van der Waals surface area contributed by atoms with Gasteiger partial charge >= 0.3 is 11.9 Å². The van der Waals surface area contributed by atoms with E-state index in [0.29, 0.717) is 11.5 Å². The summed E-state index contributed by atoms with van der Waals surface area (Å²) in [4.78, 5) is 24.6. The molecule has 148 valence electrons. The van der Waals surface area contributed by atoms with Gasteiger partial charge < -0.3 is 9.47 Å². The fourth-order valence-corrected chi connectivity index (χ4v) is 2.66. The maximum absolute atomic E-state index is 12.5. The summed E-state index contributed by atoms with van der Waals surface area (Å²) in [5, 5.41) is 1.81. The minimum Gasteiger partial charge on any atom is -0.423 e. The van der Waals surface area contributed by atoms with Gasteiger partial charge in [-0.3, -0.25) is 0 Å². The Bertz CT molecular complexity index is 1150. The molecule has 4 heteroatoms. The first-order valence-electron chi connectivity index (χ1n) is 9.25. The van der Waals surface area contributed by atoms with Crippen molar-refractivity contribution < 1.29 is 19.1 Å². The van der Waals surface area contributed by atoms with Crippen LogP contribution in [0.15, 0.2) is 121 Å². The Labute approximate surface area is 175 Å². The fourth-order valence-electron chi connectivity index (χ4n) is 2.66. The molecule has 0 aliphatic rings. The van der Waals surface area contributed by atoms with Gasteiger partial charge in [0, 0.05) is 5.39 Å². The summed E-state index contributed by atoms with van der Waals surface area (Å²) in [6.45, 7) is 7.35. The topological polar surface area (TPSA) is 52.6 Å². The number of esters is 2. The summed E-state index contributed by atoms with van der Waals surface area (Å²) in [5.41, 5.74) is 0.379. The number of benzene rings is 3. The lowest BCUT2D eigenvalue weighted by Crippen LogP contribution is -2.10. The van der Waals surface area contributed by atoms with E-state index in [1.54, 1.807) is 30.3 Å². The molecule has 0 bridgehead atoms. The molecule has 0 heterocycles. The number of carbonyl (C=O) groups is 2. The summed E-state index contributed by atoms with van der Waals surface area (Å²) in [7, 11) is 0. The molecular weight excluding hydrogens is 376 g/mol. The van der Waals surface area contributed by atoms with Gasteiger partial charge in [-0.05, 0) is 35.7 Å². The van der Waals surface area contributed by atoms with Gasteiger partial charge in [-0.15, -0.1) is 0 Å². The van der Waals surface area contributed by atoms with Crippen LogP contribution in [0.5, 0.6) is 11.5 Å². The standard InChI is InChI=1S/C26H20O4/c1-3-20(13-9-11-19(2)25(27)29-22-15-5-4-6-16-22)26(28)30-24-18-10-14-21-12-7-8-17-23(21)24/h3-18H,1-2H2. The molecule has 0 N–H and O–H groups in total. The average Bonchev–Trinajstić information content (AvgIpc) is 2.77. The van der Waals surface area contributed by atoms with Gasteiger partial charge in [0.2, 0.25) is 0 Å². The van der Waals surface area contributed by atoms with Crippen LogP contribution in [0.1, 0.15) is 0 Å². The van der Waals surface area contributed by atoms with Crippen LogP contribution in [-0.2, 0) is 9.59 Å². The Kier molecular flexibility index (Phi) is 6.74. The van der Waals surface area contributed by atoms with Gasteiger partial charge in [-0.25, -0.2) is 9.59 Å². The van der Waals surface area contributed by atoms with Gasteiger partial charge in [-0.2, -0.15) is 0 Å². The van der Waals surface area contributed by atoms with E-state index in [4.69, 9.17) is 9.47 Å². The van der Waals surface area contributed by atoms with E-state index in [2.05, 4.69) is 13.2 Å². The molecule has 0 aliphatic carbocycles. The molecule has 0 unspecified atom stereocenters. The third-order valence-corrected chi connectivity index (χ3v) is 4.20. The Morgan fingerprint density at radius 1 is 0.800 bits per heavy atom. The lowest BCUT2D eigenvalue weighted by Gasteiger charge is -2.08. The van der Waals surface area contributed by atoms with Crippen LogP contribution in [0.25, 0.3) is 10.8 Å². The Balaban J connectivity index is 1.67. The number of rotatable bonds is 7. The number of fused-ring (bicyclic) bond motifs is 1. The Hall–Kier alpha value is -4.18. The van der Waals surface area contributed by atoms with Crippen LogP contribution < -0.4 is 9.47 Å². The molecule has 4 nitrogen and oxygen atoms in total. The van der Waals surface area contributed by atoms with Crippen LogP contribution in [0.2, 0.25) is 0 Å². The van der Waals surface area contributed by atoms with Crippen molar-refractivity contribution >= 4 is 22.7 Å². The van der Waals surface area contributed by atoms with E-state index in [1.165, 1.54) is 24.3 Å². The summed E-state index contributed by atoms with van der Waals surface area (Å²) in [6.07, 6.45) is 5.88. The second-order valence-corrected chi connectivity index (χ2v) is 6.28. The third kappa shape index (κ3) is 5.20. The van der Waals surface area contributed by atoms with Crippen LogP contribution in [0.4, 0.5) is 0 Å². The molecule has 0 fully saturated rings. The van der Waals surface area contributed by atoms with Gasteiger partial charge in [-0.1, -0.05) is 79.9 Å². The molecule has 0 aromatic heterocycles. The van der Waals surface area contributed by atoms with E-state index in [-0.39, 0.29) is 11.1 Å². The maximum Gasteiger partial charge on any atom is 0.343 e. The summed E-state index contributed by atoms with van der Waals surface area (Å²) in [6, 6.07) is 21.8. The normalized spacial score (nSPS) is 11.3. The average molecular weight is 396 g/mol. The van der Waals surface area contributed by atoms with E-state index < -0.39 is 11.9 Å². The molecule has 0 amide bonds. The number of para-hydroxylation sites is 1. The van der Waals surface area contributed by atoms with Crippen molar-refractivity contribution in [1.82, 2.24) is 0 Å². The molecule has 0 saturated carbocycles. The molecule has 0 aliphatic heterocycles. The fraction of sp³-hybridized carbons (Fsp3) is 0. The zero-order valence-corrected chi connectivity index (χ0v) is 16.3. The zero-order valence-electron chi connectivity index (χ0n) is 16.3. The molecule has 3 rings (SSSR count). The van der Waals surface area contributed by atoms with Gasteiger partial charge in [0.15, 0.2) is 0 Å². The van der Waals surface area contributed by atoms with E-state index in [1.807, 2.05) is 42.5 Å². The molecule has 0 atom stereocenters. The predicted octanol–water partition coefficient (Wildman–Crippen LogP) is 5.58. The number of hydrogen-bond acceptors (Lipinski definition) is 4. The van der Waals surface area contributed by atoms with Crippen molar-refractivity contribution in [3.63, 3.8) is 0 Å². The second kappa shape index (κ2) is 9.85. The van der Waals surface area contributed by atoms with E-state index in [0.717, 1.165) is 10.8 Å². The number of ether oxygens (including phenoxy) is 2. The monoisotopic (exact) mass is 396 g/mol. The summed E-state index contributed by atoms with van der Waals surface area (Å²) >= 11 is 0. The summed E-state index contributed by atoms with van der Waals surface area (Å²) in [5.74, 6) is -0.239. The second-order valence-electron chi connectivity index (χ2n) is 6.28. The summed E-state index contributed by atoms with van der Waals surface area (Å²) < 4.78 is 10.7. The number of allylic oxidation sites excluding steroid dienone is 2. The molecule has 30 heavy (non-hydrogen) atoms. The zero-order chi connectivity index (χ0) is 21.3. The quantitative estimate of drug-likeness (QED) is 0.227. The van der Waals surface area contributed by atoms with E-state index >= 15 is 0 Å². The van der Waals surface area contributed by atoms with Crippen molar-refractivity contribution in [2.24, 2.45) is 0 Å². The van der Waals surface area contributed by atoms with Gasteiger partial charge in [0.1, 0.15) is 11.5 Å². The number of hydrogen-bond donors (Lipinski definition) is 0. The lowest BCUT2D eigenvalue weighted by atomic mass is 10.1. The highest BCUT2D eigenvalue weighted by atomic mass is 16.5. The van der Waals surface area contributed by atoms with E-state index in [9.17, 15) is 9.59 Å². The van der Waals surface area contributed by atoms with Crippen molar-refractivity contribution in [2.75, 3.05) is 0 Å². The van der Waals surface area contributed by atoms with Crippen LogP contribution >= 0.6 is 0 Å². The van der Waals surface area contributed by atoms with Crippen molar-refractivity contribution in [1.29, 1.82) is 0 Å². The predicted molar refractivity (Wildman–Crippen MR) is 118 cm³/mol. The Morgan fingerprint density at radius 2 is 1.50 bits per heavy atom. The molecule has 3 aromatic carbocycles. The largest absolute Gasteiger partial charge is 0.423 e. The highest BCUT2D eigenvalue weighted by Crippen LogP contribution is 2.26. The highest BCUT2D eigenvalue weighted by Gasteiger charge is 2.11. The first-order chi connectivity index (χ1) is 14.6. The molecular formula is C26H20O4. The van der Waals surface area contributed by atoms with Gasteiger partial charge in [0.05, 0.1) is 11.1 Å². The van der Waals surface area contributed by atoms with Crippen molar-refractivity contribution in [3.8, 4) is 11.5 Å². The molecule has 3 aromatic rings. The van der Waals surface area contributed by atoms with Crippen LogP contribution in [0, 0.1) is 0 Å². The van der Waals surface area contributed by atoms with Crippen LogP contribution in [-0.4, -0.2) is 11.9 Å². The smallest absolute Gasteiger partial charge is 0.343 e. The highest BCUT2D eigenvalue weighted by molar-refractivity contribution is 5.97. The van der Waals surface area contributed by atoms with Crippen molar-refractivity contribution in [2.45, 2.75) is 0 Å². The molecule has 0 radical (unpaired) electrons.